The fourth-order valence-electron chi connectivity index (χ4n) is 5.24. The predicted molar refractivity (Wildman–Crippen MR) is 172 cm³/mol. The van der Waals surface area contributed by atoms with Gasteiger partial charge in [0.25, 0.3) is 5.91 Å². The Morgan fingerprint density at radius 1 is 0.956 bits per heavy atom. The summed E-state index contributed by atoms with van der Waals surface area (Å²) in [6, 6.07) is -4.50. The van der Waals surface area contributed by atoms with Gasteiger partial charge in [0.05, 0.1) is 12.1 Å². The van der Waals surface area contributed by atoms with Gasteiger partial charge in [0.15, 0.2) is 5.78 Å². The molecule has 0 spiro atoms. The van der Waals surface area contributed by atoms with Crippen LogP contribution < -0.4 is 21.7 Å². The number of primary amides is 1. The minimum Gasteiger partial charge on any atom is -0.383 e. The summed E-state index contributed by atoms with van der Waals surface area (Å²) in [7, 11) is 3.60. The van der Waals surface area contributed by atoms with Gasteiger partial charge in [-0.25, -0.2) is 4.79 Å². The molecule has 3 unspecified atom stereocenters. The van der Waals surface area contributed by atoms with Crippen LogP contribution in [0.25, 0.3) is 0 Å². The van der Waals surface area contributed by atoms with Gasteiger partial charge in [0.2, 0.25) is 17.6 Å². The van der Waals surface area contributed by atoms with Crippen molar-refractivity contribution in [2.45, 2.75) is 97.8 Å². The van der Waals surface area contributed by atoms with E-state index in [0.717, 1.165) is 12.8 Å². The van der Waals surface area contributed by atoms with Crippen molar-refractivity contribution in [3.63, 3.8) is 0 Å². The molecular weight excluding hydrogens is 576 g/mol. The molecule has 250 valence electrons. The summed E-state index contributed by atoms with van der Waals surface area (Å²) >= 11 is 0. The number of nitrogens with zero attached hydrogens (tertiary/aromatic N) is 2. The van der Waals surface area contributed by atoms with Crippen molar-refractivity contribution in [1.29, 1.82) is 0 Å². The zero-order valence-electron chi connectivity index (χ0n) is 28.0. The molecule has 0 radical (unpaired) electrons. The molecule has 0 aromatic rings. The normalized spacial score (nSPS) is 19.4. The minimum atomic E-state index is -1.11. The van der Waals surface area contributed by atoms with E-state index in [1.165, 1.54) is 4.90 Å². The van der Waals surface area contributed by atoms with Crippen LogP contribution in [-0.4, -0.2) is 89.9 Å². The molecule has 5 amide bonds. The summed E-state index contributed by atoms with van der Waals surface area (Å²) in [5.41, 5.74) is 4.88. The zero-order valence-corrected chi connectivity index (χ0v) is 28.0. The lowest BCUT2D eigenvalue weighted by molar-refractivity contribution is -0.143. The van der Waals surface area contributed by atoms with Crippen LogP contribution in [0.4, 0.5) is 4.79 Å². The summed E-state index contributed by atoms with van der Waals surface area (Å²) in [4.78, 5) is 81.4. The topological polar surface area (TPSA) is 171 Å². The van der Waals surface area contributed by atoms with Crippen LogP contribution in [0.3, 0.4) is 0 Å². The third-order valence-corrected chi connectivity index (χ3v) is 7.87. The van der Waals surface area contributed by atoms with Crippen LogP contribution in [0.15, 0.2) is 36.1 Å². The highest BCUT2D eigenvalue weighted by Gasteiger charge is 2.43. The van der Waals surface area contributed by atoms with Crippen LogP contribution in [0, 0.1) is 17.3 Å². The number of hydrogen-bond donors (Lipinski definition) is 4. The minimum absolute atomic E-state index is 0.244. The third kappa shape index (κ3) is 11.2. The Morgan fingerprint density at radius 3 is 2.11 bits per heavy atom. The molecule has 12 nitrogen and oxygen atoms in total. The number of nitrogens with one attached hydrogen (secondary N) is 3. The van der Waals surface area contributed by atoms with Crippen molar-refractivity contribution >= 4 is 35.3 Å². The van der Waals surface area contributed by atoms with Crippen molar-refractivity contribution in [1.82, 2.24) is 25.8 Å². The number of carbonyl (C=O) groups is 6. The predicted octanol–water partition coefficient (Wildman–Crippen LogP) is 2.20. The lowest BCUT2D eigenvalue weighted by Gasteiger charge is -2.36. The molecule has 0 bridgehead atoms. The van der Waals surface area contributed by atoms with Gasteiger partial charge < -0.3 is 31.5 Å². The van der Waals surface area contributed by atoms with Crippen molar-refractivity contribution in [2.75, 3.05) is 20.6 Å². The number of amides is 5. The lowest BCUT2D eigenvalue weighted by Crippen LogP contribution is -2.61. The molecule has 45 heavy (non-hydrogen) atoms. The number of allylic oxidation sites excluding steroid dienone is 4. The summed E-state index contributed by atoms with van der Waals surface area (Å²) in [6.45, 7) is 11.2. The average Bonchev–Trinajstić information content (AvgIpc) is 3.62. The first-order chi connectivity index (χ1) is 21.0. The Kier molecular flexibility index (Phi) is 13.6. The Labute approximate surface area is 267 Å². The molecule has 1 saturated heterocycles. The van der Waals surface area contributed by atoms with E-state index in [1.807, 2.05) is 26.8 Å². The van der Waals surface area contributed by atoms with Gasteiger partial charge in [-0.3, -0.25) is 24.0 Å². The molecule has 4 atom stereocenters. The first-order valence-electron chi connectivity index (χ1n) is 15.7. The van der Waals surface area contributed by atoms with E-state index in [4.69, 9.17) is 5.73 Å². The fraction of sp³-hybridized carbons (Fsp3) is 0.636. The summed E-state index contributed by atoms with van der Waals surface area (Å²) in [5.74, 6) is -3.25. The van der Waals surface area contributed by atoms with Gasteiger partial charge in [0, 0.05) is 32.4 Å². The fourth-order valence-corrected chi connectivity index (χ4v) is 5.24. The van der Waals surface area contributed by atoms with Crippen LogP contribution in [0.1, 0.15) is 73.6 Å². The molecule has 1 aliphatic heterocycles. The summed E-state index contributed by atoms with van der Waals surface area (Å²) < 4.78 is 0. The van der Waals surface area contributed by atoms with Gasteiger partial charge in [0.1, 0.15) is 12.1 Å². The van der Waals surface area contributed by atoms with Crippen LogP contribution in [0.2, 0.25) is 0 Å². The lowest BCUT2D eigenvalue weighted by atomic mass is 9.85. The first-order valence-corrected chi connectivity index (χ1v) is 15.7. The largest absolute Gasteiger partial charge is 0.383 e. The first kappa shape index (κ1) is 37.2. The third-order valence-electron chi connectivity index (χ3n) is 7.87. The second kappa shape index (κ2) is 16.4. The Morgan fingerprint density at radius 2 is 1.60 bits per heavy atom. The Hall–Kier alpha value is -3.96. The quantitative estimate of drug-likeness (QED) is 0.122. The second-order valence-electron chi connectivity index (χ2n) is 13.6. The number of nitrogens with two attached hydrogens (primary N) is 1. The highest BCUT2D eigenvalue weighted by Crippen LogP contribution is 2.34. The van der Waals surface area contributed by atoms with E-state index in [-0.39, 0.29) is 24.2 Å². The molecule has 2 rings (SSSR count). The number of carbonyl (C=O) groups excluding carboxylic acids is 6. The smallest absolute Gasteiger partial charge is 0.316 e. The number of urea groups is 1. The van der Waals surface area contributed by atoms with Crippen LogP contribution in [0.5, 0.6) is 0 Å². The van der Waals surface area contributed by atoms with Crippen molar-refractivity contribution in [3.05, 3.63) is 36.1 Å². The van der Waals surface area contributed by atoms with Gasteiger partial charge in [-0.05, 0) is 49.5 Å². The van der Waals surface area contributed by atoms with E-state index < -0.39 is 59.1 Å². The molecule has 1 heterocycles. The standard InChI is InChI=1S/C33H52N6O6/c1-9-10-11-13-22(19-38(7)8)26(40)25(20(2)3)36-32(45)37-28(33(4,5)6)31(44)39-17-12-14-24(39)30(43)35-23(18-21-15-16-21)27(41)29(34)42/h9-11,13,19-21,23-25,28H,12,14-18H2,1-8H3,(H2,34,42)(H,35,43)(H2,36,37,45)/b10-9-,13-11-,22-19-/t23?,24-,25?,28?/m0/s1. The summed E-state index contributed by atoms with van der Waals surface area (Å²) in [5, 5.41) is 8.22. The molecule has 0 aromatic carbocycles. The van der Waals surface area contributed by atoms with E-state index in [2.05, 4.69) is 16.0 Å². The molecule has 5 N–H and O–H groups in total. The van der Waals surface area contributed by atoms with Gasteiger partial charge in [-0.15, -0.1) is 0 Å². The number of Topliss-reactive ketones (excluding diaryl/α,β-unsaturated/α-hetero) is 2. The Balaban J connectivity index is 2.23. The second-order valence-corrected chi connectivity index (χ2v) is 13.6. The molecule has 2 aliphatic rings. The summed E-state index contributed by atoms with van der Waals surface area (Å²) in [6.07, 6.45) is 11.8. The van der Waals surface area contributed by atoms with E-state index >= 15 is 0 Å². The van der Waals surface area contributed by atoms with Gasteiger partial charge >= 0.3 is 6.03 Å². The van der Waals surface area contributed by atoms with Crippen LogP contribution >= 0.6 is 0 Å². The maximum absolute atomic E-state index is 14.0. The van der Waals surface area contributed by atoms with E-state index in [0.29, 0.717) is 24.8 Å². The zero-order chi connectivity index (χ0) is 34.1. The molecule has 1 aliphatic carbocycles. The highest BCUT2D eigenvalue weighted by molar-refractivity contribution is 6.37. The van der Waals surface area contributed by atoms with Crippen molar-refractivity contribution in [3.8, 4) is 0 Å². The SMILES string of the molecule is C\C=C/C=C\C(=C\N(C)C)C(=O)C(NC(=O)NC(C(=O)N1CCC[C@H]1C(=O)NC(CC1CC1)C(=O)C(N)=O)C(C)(C)C)C(C)C. The monoisotopic (exact) mass is 628 g/mol. The van der Waals surface area contributed by atoms with Gasteiger partial charge in [-0.1, -0.05) is 65.7 Å². The highest BCUT2D eigenvalue weighted by atomic mass is 16.2. The van der Waals surface area contributed by atoms with Crippen molar-refractivity contribution < 1.29 is 28.8 Å². The number of hydrogen-bond acceptors (Lipinski definition) is 7. The molecule has 12 heteroatoms. The number of likely N-dealkylation sites (tertiary alicyclic amines) is 1. The van der Waals surface area contributed by atoms with Crippen molar-refractivity contribution in [2.24, 2.45) is 23.0 Å². The molecule has 1 saturated carbocycles. The molecule has 0 aromatic heterocycles. The molecule has 2 fully saturated rings. The average molecular weight is 629 g/mol. The maximum Gasteiger partial charge on any atom is 0.316 e. The number of rotatable bonds is 15. The number of ketones is 2. The van der Waals surface area contributed by atoms with Gasteiger partial charge in [-0.2, -0.15) is 0 Å². The maximum atomic E-state index is 14.0. The molecular formula is C33H52N6O6. The van der Waals surface area contributed by atoms with Crippen LogP contribution in [-0.2, 0) is 24.0 Å². The van der Waals surface area contributed by atoms with E-state index in [1.54, 1.807) is 64.2 Å². The van der Waals surface area contributed by atoms with E-state index in [9.17, 15) is 28.8 Å². The Bertz CT molecular complexity index is 1210.